The SMILES string of the molecule is CC(C)CN(CC(C)C)[SH](=O)=O. The number of hydrogen-bond donors (Lipinski definition) is 1. The minimum atomic E-state index is -2.40. The second kappa shape index (κ2) is 5.54. The topological polar surface area (TPSA) is 37.4 Å². The van der Waals surface area contributed by atoms with Gasteiger partial charge in [0.1, 0.15) is 0 Å². The van der Waals surface area contributed by atoms with E-state index in [9.17, 15) is 8.42 Å². The minimum Gasteiger partial charge on any atom is -0.215 e. The van der Waals surface area contributed by atoms with Crippen LogP contribution in [0.2, 0.25) is 0 Å². The van der Waals surface area contributed by atoms with E-state index < -0.39 is 10.9 Å². The molecule has 0 aliphatic carbocycles. The molecular weight excluding hydrogens is 174 g/mol. The van der Waals surface area contributed by atoms with Crippen molar-refractivity contribution in [3.8, 4) is 0 Å². The Morgan fingerprint density at radius 3 is 1.50 bits per heavy atom. The van der Waals surface area contributed by atoms with Gasteiger partial charge < -0.3 is 0 Å². The van der Waals surface area contributed by atoms with E-state index in [-0.39, 0.29) is 0 Å². The molecule has 12 heavy (non-hydrogen) atoms. The number of nitrogens with zero attached hydrogens (tertiary/aromatic N) is 1. The molecule has 0 heterocycles. The van der Waals surface area contributed by atoms with Gasteiger partial charge in [-0.05, 0) is 11.8 Å². The van der Waals surface area contributed by atoms with Gasteiger partial charge >= 0.3 is 0 Å². The Hall–Kier alpha value is -0.0900. The molecule has 0 fully saturated rings. The van der Waals surface area contributed by atoms with Crippen LogP contribution in [-0.4, -0.2) is 25.8 Å². The summed E-state index contributed by atoms with van der Waals surface area (Å²) in [5.74, 6) is 0.799. The van der Waals surface area contributed by atoms with Gasteiger partial charge in [-0.15, -0.1) is 0 Å². The van der Waals surface area contributed by atoms with Crippen LogP contribution in [0.15, 0.2) is 0 Å². The maximum Gasteiger partial charge on any atom is 0.203 e. The van der Waals surface area contributed by atoms with Gasteiger partial charge in [-0.2, -0.15) is 0 Å². The van der Waals surface area contributed by atoms with Gasteiger partial charge in [0.25, 0.3) is 0 Å². The van der Waals surface area contributed by atoms with Crippen LogP contribution in [-0.2, 0) is 10.9 Å². The molecule has 0 unspecified atom stereocenters. The molecule has 0 aliphatic heterocycles. The fraction of sp³-hybridized carbons (Fsp3) is 1.00. The lowest BCUT2D eigenvalue weighted by Crippen LogP contribution is -2.29. The summed E-state index contributed by atoms with van der Waals surface area (Å²) in [5.41, 5.74) is 0. The Morgan fingerprint density at radius 1 is 1.00 bits per heavy atom. The highest BCUT2D eigenvalue weighted by molar-refractivity contribution is 7.69. The molecule has 0 aromatic rings. The molecule has 0 atom stereocenters. The molecule has 0 radical (unpaired) electrons. The van der Waals surface area contributed by atoms with Crippen molar-refractivity contribution in [2.24, 2.45) is 11.8 Å². The van der Waals surface area contributed by atoms with Gasteiger partial charge in [-0.25, -0.2) is 12.7 Å². The van der Waals surface area contributed by atoms with E-state index in [0.717, 1.165) is 0 Å². The zero-order chi connectivity index (χ0) is 9.72. The van der Waals surface area contributed by atoms with Crippen molar-refractivity contribution >= 4 is 10.9 Å². The first-order valence-corrected chi connectivity index (χ1v) is 5.45. The smallest absolute Gasteiger partial charge is 0.203 e. The molecule has 0 rings (SSSR count). The van der Waals surface area contributed by atoms with Crippen LogP contribution in [0.25, 0.3) is 0 Å². The van der Waals surface area contributed by atoms with Crippen LogP contribution in [0.4, 0.5) is 0 Å². The Kier molecular flexibility index (Phi) is 5.50. The average molecular weight is 193 g/mol. The number of rotatable bonds is 5. The highest BCUT2D eigenvalue weighted by Gasteiger charge is 2.10. The maximum atomic E-state index is 10.7. The fourth-order valence-corrected chi connectivity index (χ4v) is 1.97. The van der Waals surface area contributed by atoms with E-state index in [0.29, 0.717) is 24.9 Å². The zero-order valence-corrected chi connectivity index (χ0v) is 9.17. The van der Waals surface area contributed by atoms with Crippen molar-refractivity contribution in [1.82, 2.24) is 4.31 Å². The minimum absolute atomic E-state index is 0.400. The predicted octanol–water partition coefficient (Wildman–Crippen LogP) is 1.13. The van der Waals surface area contributed by atoms with Crippen molar-refractivity contribution in [2.75, 3.05) is 13.1 Å². The molecule has 0 bridgehead atoms. The van der Waals surface area contributed by atoms with E-state index >= 15 is 0 Å². The molecule has 3 nitrogen and oxygen atoms in total. The van der Waals surface area contributed by atoms with Crippen LogP contribution in [0.3, 0.4) is 0 Å². The van der Waals surface area contributed by atoms with E-state index in [1.54, 1.807) is 0 Å². The summed E-state index contributed by atoms with van der Waals surface area (Å²) in [6, 6.07) is 0. The second-order valence-electron chi connectivity index (χ2n) is 3.90. The molecule has 0 saturated carbocycles. The first kappa shape index (κ1) is 11.9. The predicted molar refractivity (Wildman–Crippen MR) is 51.6 cm³/mol. The lowest BCUT2D eigenvalue weighted by Gasteiger charge is -2.19. The zero-order valence-electron chi connectivity index (χ0n) is 8.28. The third-order valence-electron chi connectivity index (χ3n) is 1.38. The van der Waals surface area contributed by atoms with Crippen LogP contribution >= 0.6 is 0 Å². The highest BCUT2D eigenvalue weighted by Crippen LogP contribution is 2.02. The largest absolute Gasteiger partial charge is 0.215 e. The molecule has 0 aliphatic rings. The van der Waals surface area contributed by atoms with Crippen LogP contribution in [0, 0.1) is 11.8 Å². The van der Waals surface area contributed by atoms with E-state index in [1.165, 1.54) is 4.31 Å². The number of hydrogen-bond acceptors (Lipinski definition) is 2. The van der Waals surface area contributed by atoms with Gasteiger partial charge in [-0.3, -0.25) is 0 Å². The quantitative estimate of drug-likeness (QED) is 0.665. The fourth-order valence-electron chi connectivity index (χ4n) is 1.05. The molecule has 0 N–H and O–H groups in total. The first-order valence-electron chi connectivity index (χ1n) is 4.32. The van der Waals surface area contributed by atoms with Crippen LogP contribution < -0.4 is 0 Å². The third-order valence-corrected chi connectivity index (χ3v) is 2.17. The second-order valence-corrected chi connectivity index (χ2v) is 4.94. The van der Waals surface area contributed by atoms with E-state index in [4.69, 9.17) is 0 Å². The highest BCUT2D eigenvalue weighted by atomic mass is 32.2. The van der Waals surface area contributed by atoms with Crippen LogP contribution in [0.5, 0.6) is 0 Å². The Balaban J connectivity index is 4.05. The summed E-state index contributed by atoms with van der Waals surface area (Å²) in [4.78, 5) is 0. The molecule has 74 valence electrons. The molecular formula is C8H19NO2S. The molecule has 4 heteroatoms. The maximum absolute atomic E-state index is 10.7. The molecule has 0 amide bonds. The van der Waals surface area contributed by atoms with Gasteiger partial charge in [0.05, 0.1) is 0 Å². The third kappa shape index (κ3) is 5.55. The average Bonchev–Trinajstić information content (AvgIpc) is 1.83. The lowest BCUT2D eigenvalue weighted by molar-refractivity contribution is 0.342. The van der Waals surface area contributed by atoms with Crippen molar-refractivity contribution in [2.45, 2.75) is 27.7 Å². The molecule has 0 aromatic heterocycles. The van der Waals surface area contributed by atoms with Gasteiger partial charge in [0.15, 0.2) is 0 Å². The van der Waals surface area contributed by atoms with Crippen molar-refractivity contribution < 1.29 is 8.42 Å². The summed E-state index contributed by atoms with van der Waals surface area (Å²) >= 11 is 0. The van der Waals surface area contributed by atoms with E-state index in [1.807, 2.05) is 27.7 Å². The van der Waals surface area contributed by atoms with Gasteiger partial charge in [-0.1, -0.05) is 27.7 Å². The lowest BCUT2D eigenvalue weighted by atomic mass is 10.2. The summed E-state index contributed by atoms with van der Waals surface area (Å²) in [6.45, 7) is 9.35. The van der Waals surface area contributed by atoms with Gasteiger partial charge in [0, 0.05) is 13.1 Å². The van der Waals surface area contributed by atoms with Crippen molar-refractivity contribution in [3.63, 3.8) is 0 Å². The normalized spacial score (nSPS) is 12.3. The monoisotopic (exact) mass is 193 g/mol. The standard InChI is InChI=1S/C8H19NO2S/c1-7(2)5-9(12(10)11)6-8(3)4/h7-8,12H,5-6H2,1-4H3. The Morgan fingerprint density at radius 2 is 1.33 bits per heavy atom. The summed E-state index contributed by atoms with van der Waals surface area (Å²) in [7, 11) is -2.40. The first-order chi connectivity index (χ1) is 5.43. The van der Waals surface area contributed by atoms with Gasteiger partial charge in [0.2, 0.25) is 10.9 Å². The summed E-state index contributed by atoms with van der Waals surface area (Å²) < 4.78 is 23.0. The summed E-state index contributed by atoms with van der Waals surface area (Å²) in [6.07, 6.45) is 0. The Bertz CT molecular complexity index is 169. The molecule has 0 aromatic carbocycles. The van der Waals surface area contributed by atoms with Crippen molar-refractivity contribution in [1.29, 1.82) is 0 Å². The number of thiol groups is 1. The van der Waals surface area contributed by atoms with Crippen molar-refractivity contribution in [3.05, 3.63) is 0 Å². The molecule has 0 spiro atoms. The summed E-state index contributed by atoms with van der Waals surface area (Å²) in [5, 5.41) is 0. The van der Waals surface area contributed by atoms with E-state index in [2.05, 4.69) is 0 Å². The Labute approximate surface area is 76.8 Å². The van der Waals surface area contributed by atoms with Crippen LogP contribution in [0.1, 0.15) is 27.7 Å². The molecule has 0 saturated heterocycles.